The number of unbranched alkanes of at least 4 members (excludes halogenated alkanes) is 3. The van der Waals surface area contributed by atoms with Crippen molar-refractivity contribution < 1.29 is 19.7 Å². The number of rotatable bonds is 12. The number of nitrogen functional groups attached to an aromatic ring is 1. The van der Waals surface area contributed by atoms with Gasteiger partial charge >= 0.3 is 5.97 Å². The van der Waals surface area contributed by atoms with Gasteiger partial charge in [-0.05, 0) is 55.1 Å². The second-order valence-electron chi connectivity index (χ2n) is 7.02. The fourth-order valence-corrected chi connectivity index (χ4v) is 3.54. The summed E-state index contributed by atoms with van der Waals surface area (Å²) in [6.07, 6.45) is 4.13. The lowest BCUT2D eigenvalue weighted by molar-refractivity contribution is -0.137. The number of esters is 1. The average molecular weight is 455 g/mol. The normalized spacial score (nSPS) is 12.0. The highest BCUT2D eigenvalue weighted by molar-refractivity contribution is 6.38. The first-order valence-corrected chi connectivity index (χ1v) is 10.7. The minimum atomic E-state index is -0.710. The summed E-state index contributed by atoms with van der Waals surface area (Å²) in [4.78, 5) is 11.3. The summed E-state index contributed by atoms with van der Waals surface area (Å²) >= 11 is 12.0. The van der Waals surface area contributed by atoms with E-state index in [9.17, 15) is 9.90 Å². The van der Waals surface area contributed by atoms with Crippen molar-refractivity contribution >= 4 is 34.9 Å². The minimum Gasteiger partial charge on any atom is -0.425 e. The van der Waals surface area contributed by atoms with E-state index < -0.39 is 18.7 Å². The highest BCUT2D eigenvalue weighted by Gasteiger charge is 2.12. The molecular weight excluding hydrogens is 427 g/mol. The summed E-state index contributed by atoms with van der Waals surface area (Å²) in [6, 6.07) is 10.6. The molecule has 0 saturated heterocycles. The molecule has 0 bridgehead atoms. The molecule has 5 N–H and O–H groups in total. The van der Waals surface area contributed by atoms with Crippen LogP contribution in [0.5, 0.6) is 5.75 Å². The predicted molar refractivity (Wildman–Crippen MR) is 120 cm³/mol. The number of aliphatic hydroxyl groups is 2. The van der Waals surface area contributed by atoms with Crippen LogP contribution in [0.4, 0.5) is 5.69 Å². The van der Waals surface area contributed by atoms with Crippen molar-refractivity contribution in [3.05, 3.63) is 57.6 Å². The molecule has 0 amide bonds. The number of carbonyl (C=O) groups excluding carboxylic acids is 1. The van der Waals surface area contributed by atoms with Gasteiger partial charge in [0.2, 0.25) is 0 Å². The number of benzene rings is 2. The Bertz CT molecular complexity index is 810. The molecule has 0 aliphatic carbocycles. The van der Waals surface area contributed by atoms with Gasteiger partial charge in [0, 0.05) is 6.54 Å². The number of nitrogens with two attached hydrogens (primary N) is 1. The van der Waals surface area contributed by atoms with Gasteiger partial charge < -0.3 is 26.0 Å². The molecule has 2 aromatic carbocycles. The summed E-state index contributed by atoms with van der Waals surface area (Å²) in [7, 11) is 0. The topological polar surface area (TPSA) is 105 Å². The highest BCUT2D eigenvalue weighted by atomic mass is 35.5. The van der Waals surface area contributed by atoms with Crippen LogP contribution in [0.3, 0.4) is 0 Å². The van der Waals surface area contributed by atoms with Crippen molar-refractivity contribution in [3.63, 3.8) is 0 Å². The Morgan fingerprint density at radius 1 is 1.10 bits per heavy atom. The Hall–Kier alpha value is -1.83. The second-order valence-corrected chi connectivity index (χ2v) is 7.84. The number of carbonyl (C=O) groups is 1. The van der Waals surface area contributed by atoms with Gasteiger partial charge in [-0.25, -0.2) is 4.79 Å². The zero-order valence-electron chi connectivity index (χ0n) is 16.7. The number of aryl methyl sites for hydroxylation is 1. The largest absolute Gasteiger partial charge is 0.425 e. The van der Waals surface area contributed by atoms with Crippen LogP contribution in [-0.2, 0) is 11.2 Å². The molecule has 0 radical (unpaired) electrons. The Morgan fingerprint density at radius 3 is 2.47 bits per heavy atom. The van der Waals surface area contributed by atoms with E-state index in [1.165, 1.54) is 0 Å². The maximum Gasteiger partial charge on any atom is 0.337 e. The minimum absolute atomic E-state index is 0.316. The van der Waals surface area contributed by atoms with Gasteiger partial charge in [-0.3, -0.25) is 0 Å². The van der Waals surface area contributed by atoms with Gasteiger partial charge in [0.15, 0.2) is 0 Å². The molecule has 8 heteroatoms. The number of nitrogens with one attached hydrogen (secondary N) is 1. The molecule has 30 heavy (non-hydrogen) atoms. The zero-order chi connectivity index (χ0) is 21.9. The molecule has 0 aliphatic rings. The number of hydrogen-bond donors (Lipinski definition) is 4. The number of ether oxygens (including phenoxy) is 1. The first-order chi connectivity index (χ1) is 14.4. The first-order valence-electron chi connectivity index (χ1n) is 9.95. The van der Waals surface area contributed by atoms with E-state index in [0.29, 0.717) is 33.6 Å². The van der Waals surface area contributed by atoms with Crippen LogP contribution in [0.15, 0.2) is 36.4 Å². The van der Waals surface area contributed by atoms with Gasteiger partial charge in [0.1, 0.15) is 12.4 Å². The monoisotopic (exact) mass is 454 g/mol. The third kappa shape index (κ3) is 7.78. The molecule has 0 fully saturated rings. The van der Waals surface area contributed by atoms with Crippen molar-refractivity contribution in [3.8, 4) is 5.75 Å². The van der Waals surface area contributed by atoms with Gasteiger partial charge in [-0.15, -0.1) is 0 Å². The van der Waals surface area contributed by atoms with Crippen LogP contribution in [-0.4, -0.2) is 35.9 Å². The van der Waals surface area contributed by atoms with Crippen molar-refractivity contribution in [2.75, 3.05) is 25.4 Å². The van der Waals surface area contributed by atoms with E-state index in [4.69, 9.17) is 38.8 Å². The lowest BCUT2D eigenvalue weighted by atomic mass is 10.1. The Kier molecular flexibility index (Phi) is 10.4. The van der Waals surface area contributed by atoms with Crippen LogP contribution >= 0.6 is 23.2 Å². The predicted octanol–water partition coefficient (Wildman–Crippen LogP) is 3.90. The molecule has 1 unspecified atom stereocenters. The number of hydrogen-bond acceptors (Lipinski definition) is 6. The highest BCUT2D eigenvalue weighted by Crippen LogP contribution is 2.31. The Balaban J connectivity index is 1.62. The molecule has 6 nitrogen and oxygen atoms in total. The lowest BCUT2D eigenvalue weighted by Crippen LogP contribution is -2.22. The van der Waals surface area contributed by atoms with Crippen molar-refractivity contribution in [2.24, 2.45) is 0 Å². The van der Waals surface area contributed by atoms with Gasteiger partial charge in [-0.1, -0.05) is 54.2 Å². The quantitative estimate of drug-likeness (QED) is 0.168. The van der Waals surface area contributed by atoms with Crippen LogP contribution in [0, 0.1) is 0 Å². The SMILES string of the molecule is Nc1c(Cl)cc(C(O)CNCCCCCCc2ccccc2OC(=O)CO)cc1Cl. The Labute approximate surface area is 186 Å². The average Bonchev–Trinajstić information content (AvgIpc) is 2.74. The van der Waals surface area contributed by atoms with Crippen LogP contribution in [0.25, 0.3) is 0 Å². The van der Waals surface area contributed by atoms with E-state index in [1.807, 2.05) is 12.1 Å². The fourth-order valence-electron chi connectivity index (χ4n) is 3.04. The second kappa shape index (κ2) is 12.8. The van der Waals surface area contributed by atoms with E-state index in [1.54, 1.807) is 24.3 Å². The van der Waals surface area contributed by atoms with Gasteiger partial charge in [0.25, 0.3) is 0 Å². The molecule has 0 heterocycles. The fraction of sp³-hybridized carbons (Fsp3) is 0.409. The summed E-state index contributed by atoms with van der Waals surface area (Å²) < 4.78 is 5.14. The number of halogens is 2. The number of anilines is 1. The van der Waals surface area contributed by atoms with Gasteiger partial charge in [0.05, 0.1) is 21.8 Å². The number of para-hydroxylation sites is 1. The lowest BCUT2D eigenvalue weighted by Gasteiger charge is -2.14. The summed E-state index contributed by atoms with van der Waals surface area (Å²) in [5.74, 6) is -0.144. The molecule has 0 saturated carbocycles. The molecule has 0 aliphatic heterocycles. The van der Waals surface area contributed by atoms with Crippen molar-refractivity contribution in [2.45, 2.75) is 38.2 Å². The molecule has 2 rings (SSSR count). The van der Waals surface area contributed by atoms with Crippen molar-refractivity contribution in [1.82, 2.24) is 5.32 Å². The van der Waals surface area contributed by atoms with E-state index in [2.05, 4.69) is 5.32 Å². The van der Waals surface area contributed by atoms with Crippen LogP contribution in [0.1, 0.15) is 42.9 Å². The molecular formula is C22H28Cl2N2O4. The van der Waals surface area contributed by atoms with Crippen LogP contribution in [0.2, 0.25) is 10.0 Å². The molecule has 1 atom stereocenters. The van der Waals surface area contributed by atoms with E-state index in [0.717, 1.165) is 44.2 Å². The van der Waals surface area contributed by atoms with E-state index in [-0.39, 0.29) is 0 Å². The van der Waals surface area contributed by atoms with Crippen molar-refractivity contribution in [1.29, 1.82) is 0 Å². The zero-order valence-corrected chi connectivity index (χ0v) is 18.3. The molecule has 0 spiro atoms. The van der Waals surface area contributed by atoms with Crippen LogP contribution < -0.4 is 15.8 Å². The maximum absolute atomic E-state index is 11.3. The summed E-state index contributed by atoms with van der Waals surface area (Å²) in [5.41, 5.74) is 7.62. The van der Waals surface area contributed by atoms with E-state index >= 15 is 0 Å². The smallest absolute Gasteiger partial charge is 0.337 e. The maximum atomic E-state index is 11.3. The van der Waals surface area contributed by atoms with Gasteiger partial charge in [-0.2, -0.15) is 0 Å². The first kappa shape index (κ1) is 24.4. The summed E-state index contributed by atoms with van der Waals surface area (Å²) in [6.45, 7) is 0.562. The summed E-state index contributed by atoms with van der Waals surface area (Å²) in [5, 5.41) is 23.0. The third-order valence-corrected chi connectivity index (χ3v) is 5.32. The third-order valence-electron chi connectivity index (χ3n) is 4.70. The number of aliphatic hydroxyl groups excluding tert-OH is 2. The Morgan fingerprint density at radius 2 is 1.77 bits per heavy atom. The molecule has 164 valence electrons. The molecule has 0 aromatic heterocycles. The molecule has 2 aromatic rings. The standard InChI is InChI=1S/C22H28Cl2N2O4/c23-17-11-16(12-18(24)22(17)25)19(28)13-26-10-6-2-1-3-7-15-8-4-5-9-20(15)30-21(29)14-27/h4-5,8-9,11-12,19,26-28H,1-3,6-7,10,13-14,25H2.